The van der Waals surface area contributed by atoms with Crippen molar-refractivity contribution in [1.29, 1.82) is 0 Å². The van der Waals surface area contributed by atoms with Gasteiger partial charge in [0.25, 0.3) is 0 Å². The summed E-state index contributed by atoms with van der Waals surface area (Å²) in [5, 5.41) is 17.1. The molecule has 2 N–H and O–H groups in total. The molecular formula is C6H8O3S. The number of aliphatic hydroxyl groups is 2. The summed E-state index contributed by atoms with van der Waals surface area (Å²) in [6, 6.07) is 0. The van der Waals surface area contributed by atoms with Gasteiger partial charge in [-0.2, -0.15) is 0 Å². The summed E-state index contributed by atoms with van der Waals surface area (Å²) in [4.78, 5) is 0.924. The van der Waals surface area contributed by atoms with E-state index in [1.165, 1.54) is 0 Å². The van der Waals surface area contributed by atoms with Crippen molar-refractivity contribution >= 4 is 10.8 Å². The molecule has 0 unspecified atom stereocenters. The Morgan fingerprint density at radius 1 is 1.20 bits per heavy atom. The van der Waals surface area contributed by atoms with Crippen molar-refractivity contribution < 1.29 is 14.4 Å². The lowest BCUT2D eigenvalue weighted by Crippen LogP contribution is -2.00. The highest BCUT2D eigenvalue weighted by Gasteiger charge is 2.15. The van der Waals surface area contributed by atoms with E-state index in [0.29, 0.717) is 9.81 Å². The molecule has 1 rings (SSSR count). The molecule has 0 radical (unpaired) electrons. The summed E-state index contributed by atoms with van der Waals surface area (Å²) < 4.78 is 11.0. The van der Waals surface area contributed by atoms with Crippen molar-refractivity contribution in [2.24, 2.45) is 0 Å². The third-order valence-corrected chi connectivity index (χ3v) is 2.73. The Kier molecular flexibility index (Phi) is 2.37. The van der Waals surface area contributed by atoms with Gasteiger partial charge in [-0.25, -0.2) is 4.21 Å². The van der Waals surface area contributed by atoms with E-state index in [1.54, 1.807) is 12.2 Å². The van der Waals surface area contributed by atoms with Crippen LogP contribution >= 0.6 is 0 Å². The van der Waals surface area contributed by atoms with E-state index >= 15 is 0 Å². The molecule has 0 aromatic rings. The van der Waals surface area contributed by atoms with Crippen molar-refractivity contribution in [2.45, 2.75) is 0 Å². The number of hydrogen-bond donors (Lipinski definition) is 2. The van der Waals surface area contributed by atoms with Crippen molar-refractivity contribution in [3.63, 3.8) is 0 Å². The van der Waals surface area contributed by atoms with Gasteiger partial charge in [-0.1, -0.05) is 0 Å². The Hall–Kier alpha value is -0.450. The molecule has 3 nitrogen and oxygen atoms in total. The van der Waals surface area contributed by atoms with Crippen molar-refractivity contribution in [1.82, 2.24) is 0 Å². The van der Waals surface area contributed by atoms with Crippen LogP contribution in [0.25, 0.3) is 0 Å². The highest BCUT2D eigenvalue weighted by Crippen LogP contribution is 2.17. The second-order valence-electron chi connectivity index (χ2n) is 1.85. The van der Waals surface area contributed by atoms with E-state index in [0.717, 1.165) is 0 Å². The van der Waals surface area contributed by atoms with Crippen LogP contribution in [0, 0.1) is 0 Å². The molecule has 0 saturated heterocycles. The molecule has 0 aliphatic carbocycles. The molecule has 0 saturated carbocycles. The molecule has 10 heavy (non-hydrogen) atoms. The normalized spacial score (nSPS) is 19.0. The zero-order valence-electron chi connectivity index (χ0n) is 5.28. The fourth-order valence-corrected chi connectivity index (χ4v) is 1.66. The molecule has 0 amide bonds. The molecule has 0 bridgehead atoms. The molecule has 0 spiro atoms. The van der Waals surface area contributed by atoms with Crippen molar-refractivity contribution in [3.05, 3.63) is 22.0 Å². The predicted molar refractivity (Wildman–Crippen MR) is 38.5 cm³/mol. The molecule has 0 aromatic heterocycles. The summed E-state index contributed by atoms with van der Waals surface area (Å²) >= 11 is 0. The van der Waals surface area contributed by atoms with Crippen LogP contribution in [-0.2, 0) is 10.8 Å². The second-order valence-corrected chi connectivity index (χ2v) is 3.44. The van der Waals surface area contributed by atoms with Gasteiger partial charge in [0.15, 0.2) is 0 Å². The summed E-state index contributed by atoms with van der Waals surface area (Å²) in [5.74, 6) is 0. The first-order valence-corrected chi connectivity index (χ1v) is 3.97. The molecule has 1 aliphatic rings. The van der Waals surface area contributed by atoms with E-state index in [4.69, 9.17) is 10.2 Å². The molecule has 0 aromatic carbocycles. The van der Waals surface area contributed by atoms with E-state index < -0.39 is 10.8 Å². The molecule has 1 aliphatic heterocycles. The number of rotatable bonds is 2. The lowest BCUT2D eigenvalue weighted by Gasteiger charge is -1.97. The van der Waals surface area contributed by atoms with Crippen LogP contribution in [0.4, 0.5) is 0 Å². The molecular weight excluding hydrogens is 152 g/mol. The van der Waals surface area contributed by atoms with Gasteiger partial charge in [-0.05, 0) is 12.2 Å². The van der Waals surface area contributed by atoms with Crippen molar-refractivity contribution in [3.8, 4) is 0 Å². The highest BCUT2D eigenvalue weighted by molar-refractivity contribution is 7.93. The largest absolute Gasteiger partial charge is 0.391 e. The maximum absolute atomic E-state index is 11.0. The Morgan fingerprint density at radius 2 is 1.60 bits per heavy atom. The van der Waals surface area contributed by atoms with Crippen LogP contribution in [0.3, 0.4) is 0 Å². The maximum Gasteiger partial charge on any atom is 0.0814 e. The zero-order chi connectivity index (χ0) is 7.56. The fraction of sp³-hybridized carbons (Fsp3) is 0.333. The van der Waals surface area contributed by atoms with E-state index in [9.17, 15) is 4.21 Å². The van der Waals surface area contributed by atoms with Crippen molar-refractivity contribution in [2.75, 3.05) is 13.2 Å². The van der Waals surface area contributed by atoms with Crippen LogP contribution in [0.15, 0.2) is 22.0 Å². The van der Waals surface area contributed by atoms with Gasteiger partial charge >= 0.3 is 0 Å². The Labute approximate surface area is 61.1 Å². The first-order valence-electron chi connectivity index (χ1n) is 2.83. The standard InChI is InChI=1S/C6H8O3S/c7-3-5-1-2-6(4-8)10(5)9/h1-2,7-8H,3-4H2. The zero-order valence-corrected chi connectivity index (χ0v) is 6.10. The second kappa shape index (κ2) is 3.09. The molecule has 0 atom stereocenters. The predicted octanol–water partition coefficient (Wildman–Crippen LogP) is -0.499. The molecule has 1 heterocycles. The quantitative estimate of drug-likeness (QED) is 0.572. The average molecular weight is 160 g/mol. The van der Waals surface area contributed by atoms with E-state index in [2.05, 4.69) is 0 Å². The monoisotopic (exact) mass is 160 g/mol. The SMILES string of the molecule is O=S1C(CO)=CC=C1CO. The van der Waals surface area contributed by atoms with Gasteiger partial charge in [0, 0.05) is 9.81 Å². The fourth-order valence-electron chi connectivity index (χ4n) is 0.701. The van der Waals surface area contributed by atoms with Gasteiger partial charge in [0.1, 0.15) is 0 Å². The number of aliphatic hydroxyl groups excluding tert-OH is 2. The van der Waals surface area contributed by atoms with Crippen LogP contribution in [0.2, 0.25) is 0 Å². The number of allylic oxidation sites excluding steroid dienone is 2. The van der Waals surface area contributed by atoms with E-state index in [1.807, 2.05) is 0 Å². The molecule has 56 valence electrons. The lowest BCUT2D eigenvalue weighted by molar-refractivity contribution is 0.336. The average Bonchev–Trinajstić information content (AvgIpc) is 2.30. The first-order chi connectivity index (χ1) is 4.79. The highest BCUT2D eigenvalue weighted by atomic mass is 32.2. The van der Waals surface area contributed by atoms with Gasteiger partial charge < -0.3 is 10.2 Å². The summed E-state index contributed by atoms with van der Waals surface area (Å²) in [6.07, 6.45) is 3.14. The van der Waals surface area contributed by atoms with Crippen LogP contribution in [0.5, 0.6) is 0 Å². The minimum absolute atomic E-state index is 0.202. The Balaban J connectivity index is 2.72. The third-order valence-electron chi connectivity index (χ3n) is 1.24. The third kappa shape index (κ3) is 1.18. The van der Waals surface area contributed by atoms with Gasteiger partial charge in [-0.3, -0.25) is 0 Å². The minimum Gasteiger partial charge on any atom is -0.391 e. The Morgan fingerprint density at radius 3 is 1.80 bits per heavy atom. The summed E-state index contributed by atoms with van der Waals surface area (Å²) in [7, 11) is -1.28. The summed E-state index contributed by atoms with van der Waals surface area (Å²) in [5.41, 5.74) is 0. The smallest absolute Gasteiger partial charge is 0.0814 e. The minimum atomic E-state index is -1.28. The van der Waals surface area contributed by atoms with Gasteiger partial charge in [-0.15, -0.1) is 0 Å². The van der Waals surface area contributed by atoms with Crippen LogP contribution in [-0.4, -0.2) is 27.6 Å². The lowest BCUT2D eigenvalue weighted by atomic mass is 10.4. The molecule has 0 fully saturated rings. The first kappa shape index (κ1) is 7.65. The van der Waals surface area contributed by atoms with Crippen LogP contribution in [0.1, 0.15) is 0 Å². The van der Waals surface area contributed by atoms with Gasteiger partial charge in [0.2, 0.25) is 0 Å². The van der Waals surface area contributed by atoms with Crippen LogP contribution < -0.4 is 0 Å². The van der Waals surface area contributed by atoms with E-state index in [-0.39, 0.29) is 13.2 Å². The molecule has 4 heteroatoms. The van der Waals surface area contributed by atoms with Gasteiger partial charge in [0.05, 0.1) is 24.0 Å². The maximum atomic E-state index is 11.0. The topological polar surface area (TPSA) is 57.5 Å². The number of hydrogen-bond acceptors (Lipinski definition) is 3. The Bertz CT molecular complexity index is 195. The summed E-state index contributed by atoms with van der Waals surface area (Å²) in [6.45, 7) is -0.404.